The Bertz CT molecular complexity index is 810. The lowest BCUT2D eigenvalue weighted by atomic mass is 10.1. The molecule has 2 aromatic rings. The number of hydrogen-bond donors (Lipinski definition) is 1. The van der Waals surface area contributed by atoms with Crippen molar-refractivity contribution in [2.45, 2.75) is 13.0 Å². The zero-order chi connectivity index (χ0) is 18.2. The van der Waals surface area contributed by atoms with Crippen molar-refractivity contribution in [2.75, 3.05) is 20.3 Å². The molecule has 0 radical (unpaired) electrons. The van der Waals surface area contributed by atoms with E-state index in [9.17, 15) is 4.79 Å². The molecule has 1 heterocycles. The summed E-state index contributed by atoms with van der Waals surface area (Å²) in [5.41, 5.74) is 3.32. The maximum atomic E-state index is 11.7. The van der Waals surface area contributed by atoms with Gasteiger partial charge in [-0.2, -0.15) is 0 Å². The summed E-state index contributed by atoms with van der Waals surface area (Å²) in [7, 11) is 1.62. The van der Waals surface area contributed by atoms with Crippen LogP contribution in [0, 0.1) is 0 Å². The van der Waals surface area contributed by atoms with Crippen LogP contribution in [0.4, 0.5) is 0 Å². The van der Waals surface area contributed by atoms with Gasteiger partial charge in [-0.3, -0.25) is 4.99 Å². The topological polar surface area (TPSA) is 59.9 Å². The fourth-order valence-electron chi connectivity index (χ4n) is 2.67. The molecular weight excluding hydrogens is 328 g/mol. The Morgan fingerprint density at radius 2 is 2.00 bits per heavy atom. The molecule has 0 unspecified atom stereocenters. The number of methoxy groups -OCH3 is 1. The van der Waals surface area contributed by atoms with Crippen molar-refractivity contribution in [3.05, 3.63) is 71.3 Å². The highest BCUT2D eigenvalue weighted by Gasteiger charge is 2.13. The smallest absolute Gasteiger partial charge is 0.330 e. The third kappa shape index (κ3) is 4.72. The highest BCUT2D eigenvalue weighted by atomic mass is 16.5. The molecule has 3 rings (SSSR count). The summed E-state index contributed by atoms with van der Waals surface area (Å²) in [6, 6.07) is 15.7. The maximum Gasteiger partial charge on any atom is 0.330 e. The predicted octanol–water partition coefficient (Wildman–Crippen LogP) is 3.19. The number of nitrogens with zero attached hydrogens (tertiary/aromatic N) is 1. The summed E-state index contributed by atoms with van der Waals surface area (Å²) in [6.45, 7) is 1.81. The predicted molar refractivity (Wildman–Crippen MR) is 102 cm³/mol. The van der Waals surface area contributed by atoms with E-state index in [-0.39, 0.29) is 5.97 Å². The summed E-state index contributed by atoms with van der Waals surface area (Å²) in [4.78, 5) is 16.2. The van der Waals surface area contributed by atoms with E-state index >= 15 is 0 Å². The molecule has 1 N–H and O–H groups in total. The highest BCUT2D eigenvalue weighted by Crippen LogP contribution is 2.16. The Hall–Kier alpha value is -3.08. The summed E-state index contributed by atoms with van der Waals surface area (Å²) in [6.07, 6.45) is 3.89. The number of benzene rings is 2. The number of amidine groups is 1. The lowest BCUT2D eigenvalue weighted by Crippen LogP contribution is -2.25. The van der Waals surface area contributed by atoms with Crippen LogP contribution in [-0.4, -0.2) is 32.1 Å². The van der Waals surface area contributed by atoms with Crippen molar-refractivity contribution >= 4 is 17.9 Å². The largest absolute Gasteiger partial charge is 0.497 e. The molecule has 0 atom stereocenters. The van der Waals surface area contributed by atoms with Gasteiger partial charge in [0.1, 0.15) is 11.6 Å². The van der Waals surface area contributed by atoms with Crippen molar-refractivity contribution in [2.24, 2.45) is 4.99 Å². The zero-order valence-electron chi connectivity index (χ0n) is 14.8. The van der Waals surface area contributed by atoms with Gasteiger partial charge in [-0.1, -0.05) is 36.4 Å². The second-order valence-electron chi connectivity index (χ2n) is 5.88. The van der Waals surface area contributed by atoms with Crippen molar-refractivity contribution in [3.8, 4) is 5.75 Å². The Labute approximate surface area is 153 Å². The summed E-state index contributed by atoms with van der Waals surface area (Å²) < 4.78 is 10.3. The first-order valence-corrected chi connectivity index (χ1v) is 8.62. The number of rotatable bonds is 7. The van der Waals surface area contributed by atoms with Gasteiger partial charge in [-0.05, 0) is 35.8 Å². The molecule has 0 amide bonds. The highest BCUT2D eigenvalue weighted by molar-refractivity contribution is 6.01. The lowest BCUT2D eigenvalue weighted by molar-refractivity contribution is -0.137. The van der Waals surface area contributed by atoms with E-state index in [0.717, 1.165) is 35.7 Å². The number of carbonyl (C=O) groups excluding carboxylic acids is 1. The molecule has 134 valence electrons. The summed E-state index contributed by atoms with van der Waals surface area (Å²) >= 11 is 0. The van der Waals surface area contributed by atoms with E-state index in [1.54, 1.807) is 13.2 Å². The molecule has 1 aliphatic rings. The third-order valence-electron chi connectivity index (χ3n) is 4.07. The minimum absolute atomic E-state index is 0.343. The van der Waals surface area contributed by atoms with Crippen LogP contribution in [0.15, 0.2) is 59.6 Å². The van der Waals surface area contributed by atoms with Crippen LogP contribution >= 0.6 is 0 Å². The molecule has 0 saturated carbocycles. The first-order valence-electron chi connectivity index (χ1n) is 8.62. The quantitative estimate of drug-likeness (QED) is 0.473. The Balaban J connectivity index is 1.35. The normalized spacial score (nSPS) is 12.6. The van der Waals surface area contributed by atoms with Crippen molar-refractivity contribution in [1.82, 2.24) is 5.32 Å². The Morgan fingerprint density at radius 1 is 1.19 bits per heavy atom. The number of hydrogen-bond acceptors (Lipinski definition) is 5. The Kier molecular flexibility index (Phi) is 6.04. The number of ether oxygens (including phenoxy) is 2. The molecule has 26 heavy (non-hydrogen) atoms. The van der Waals surface area contributed by atoms with E-state index in [1.165, 1.54) is 11.6 Å². The average molecular weight is 350 g/mol. The first kappa shape index (κ1) is 17.7. The van der Waals surface area contributed by atoms with Crippen LogP contribution in [0.2, 0.25) is 0 Å². The molecule has 5 nitrogen and oxygen atoms in total. The molecule has 0 aromatic heterocycles. The van der Waals surface area contributed by atoms with E-state index in [2.05, 4.69) is 22.4 Å². The zero-order valence-corrected chi connectivity index (χ0v) is 14.8. The molecule has 0 bridgehead atoms. The first-order chi connectivity index (χ1) is 12.8. The molecule has 1 aliphatic heterocycles. The van der Waals surface area contributed by atoms with Gasteiger partial charge in [0, 0.05) is 18.2 Å². The van der Waals surface area contributed by atoms with Gasteiger partial charge in [0.2, 0.25) is 0 Å². The molecule has 5 heteroatoms. The summed E-state index contributed by atoms with van der Waals surface area (Å²) in [5, 5.41) is 3.31. The van der Waals surface area contributed by atoms with E-state index in [4.69, 9.17) is 9.47 Å². The van der Waals surface area contributed by atoms with Crippen LogP contribution in [0.25, 0.3) is 6.08 Å². The number of nitrogens with one attached hydrogen (secondary N) is 1. The molecular formula is C21H22N2O3. The van der Waals surface area contributed by atoms with Crippen LogP contribution < -0.4 is 10.1 Å². The van der Waals surface area contributed by atoms with Crippen LogP contribution in [0.3, 0.4) is 0 Å². The van der Waals surface area contributed by atoms with Crippen LogP contribution in [0.5, 0.6) is 5.75 Å². The molecule has 0 spiro atoms. The monoisotopic (exact) mass is 350 g/mol. The van der Waals surface area contributed by atoms with Crippen LogP contribution in [-0.2, 0) is 16.1 Å². The molecule has 0 fully saturated rings. The molecule has 0 aliphatic carbocycles. The van der Waals surface area contributed by atoms with Crippen molar-refractivity contribution in [3.63, 3.8) is 0 Å². The van der Waals surface area contributed by atoms with Crippen LogP contribution in [0.1, 0.15) is 23.1 Å². The fourth-order valence-corrected chi connectivity index (χ4v) is 2.67. The lowest BCUT2D eigenvalue weighted by Gasteiger charge is -2.07. The second-order valence-corrected chi connectivity index (χ2v) is 5.88. The summed E-state index contributed by atoms with van der Waals surface area (Å²) in [5.74, 6) is 1.36. The Morgan fingerprint density at radius 3 is 2.81 bits per heavy atom. The maximum absolute atomic E-state index is 11.7. The number of esters is 1. The van der Waals surface area contributed by atoms with Gasteiger partial charge in [0.05, 0.1) is 20.3 Å². The third-order valence-corrected chi connectivity index (χ3v) is 4.07. The minimum atomic E-state index is -0.343. The van der Waals surface area contributed by atoms with Crippen molar-refractivity contribution < 1.29 is 14.3 Å². The standard InChI is InChI=1S/C21H22N2O3/c1-25-18-10-7-16(8-11-18)9-12-20(24)26-14-4-13-22-21-19-6-3-2-5-17(19)15-23-21/h2-3,5-12H,4,13-15H2,1H3,(H,22,23)/b12-9+. The van der Waals surface area contributed by atoms with Crippen molar-refractivity contribution in [1.29, 1.82) is 0 Å². The van der Waals surface area contributed by atoms with Gasteiger partial charge in [0.25, 0.3) is 0 Å². The van der Waals surface area contributed by atoms with E-state index in [1.807, 2.05) is 36.4 Å². The molecule has 0 saturated heterocycles. The number of aliphatic imine (C=N–C) groups is 1. The second kappa shape index (κ2) is 8.85. The number of carbonyl (C=O) groups is 1. The number of fused-ring (bicyclic) bond motifs is 1. The van der Waals surface area contributed by atoms with Gasteiger partial charge < -0.3 is 14.8 Å². The van der Waals surface area contributed by atoms with Gasteiger partial charge in [-0.15, -0.1) is 0 Å². The minimum Gasteiger partial charge on any atom is -0.497 e. The SMILES string of the molecule is COc1ccc(/C=C/C(=O)OCCCNC2=NCc3ccccc32)cc1. The molecule has 2 aromatic carbocycles. The van der Waals surface area contributed by atoms with E-state index < -0.39 is 0 Å². The average Bonchev–Trinajstić information content (AvgIpc) is 3.10. The van der Waals surface area contributed by atoms with Gasteiger partial charge in [0.15, 0.2) is 0 Å². The van der Waals surface area contributed by atoms with Gasteiger partial charge in [-0.25, -0.2) is 4.79 Å². The van der Waals surface area contributed by atoms with Gasteiger partial charge >= 0.3 is 5.97 Å². The fraction of sp³-hybridized carbons (Fsp3) is 0.238. The van der Waals surface area contributed by atoms with E-state index in [0.29, 0.717) is 13.2 Å².